The summed E-state index contributed by atoms with van der Waals surface area (Å²) in [4.78, 5) is 15.5. The lowest BCUT2D eigenvalue weighted by Gasteiger charge is -2.13. The van der Waals surface area contributed by atoms with Crippen LogP contribution in [-0.4, -0.2) is 15.0 Å². The van der Waals surface area contributed by atoms with Gasteiger partial charge in [-0.3, -0.25) is 0 Å². The van der Waals surface area contributed by atoms with E-state index in [0.717, 1.165) is 93.9 Å². The predicted octanol–water partition coefficient (Wildman–Crippen LogP) is 15.3. The first-order chi connectivity index (χ1) is 30.7. The first-order valence-corrected chi connectivity index (χ1v) is 20.7. The van der Waals surface area contributed by atoms with Crippen molar-refractivity contribution in [3.63, 3.8) is 0 Å². The van der Waals surface area contributed by atoms with Crippen LogP contribution in [0.4, 0.5) is 0 Å². The van der Waals surface area contributed by atoms with E-state index in [0.29, 0.717) is 17.5 Å². The average molecular weight is 794 g/mol. The molecule has 290 valence electrons. The number of hydrogen-bond donors (Lipinski definition) is 0. The second-order valence-electron chi connectivity index (χ2n) is 15.6. The van der Waals surface area contributed by atoms with Crippen molar-refractivity contribution in [2.45, 2.75) is 0 Å². The molecule has 0 unspecified atom stereocenters. The Kier molecular flexibility index (Phi) is 8.42. The molecule has 0 aliphatic carbocycles. The summed E-state index contributed by atoms with van der Waals surface area (Å²) >= 11 is 0. The molecule has 5 nitrogen and oxygen atoms in total. The maximum atomic E-state index is 6.60. The van der Waals surface area contributed by atoms with Crippen molar-refractivity contribution in [2.75, 3.05) is 0 Å². The largest absolute Gasteiger partial charge is 0.455 e. The third kappa shape index (κ3) is 6.23. The Hall–Kier alpha value is -8.41. The van der Waals surface area contributed by atoms with Gasteiger partial charge in [-0.1, -0.05) is 176 Å². The normalized spacial score (nSPS) is 11.5. The molecule has 0 spiro atoms. The third-order valence-electron chi connectivity index (χ3n) is 11.7. The number of benzene rings is 9. The molecule has 0 saturated heterocycles. The molecule has 0 saturated carbocycles. The summed E-state index contributed by atoms with van der Waals surface area (Å²) in [6.07, 6.45) is 0. The fourth-order valence-corrected chi connectivity index (χ4v) is 8.69. The molecule has 0 bridgehead atoms. The highest BCUT2D eigenvalue weighted by Gasteiger charge is 2.20. The van der Waals surface area contributed by atoms with Gasteiger partial charge in [0.2, 0.25) is 0 Å². The molecular formula is C57H35N3O2. The molecule has 62 heavy (non-hydrogen) atoms. The summed E-state index contributed by atoms with van der Waals surface area (Å²) in [5, 5.41) is 4.29. The van der Waals surface area contributed by atoms with Crippen molar-refractivity contribution in [2.24, 2.45) is 0 Å². The molecule has 12 rings (SSSR count). The molecule has 0 aliphatic rings. The van der Waals surface area contributed by atoms with Crippen molar-refractivity contribution in [1.82, 2.24) is 15.0 Å². The number of para-hydroxylation sites is 4. The number of rotatable bonds is 7. The van der Waals surface area contributed by atoms with Crippen LogP contribution in [0.15, 0.2) is 221 Å². The van der Waals surface area contributed by atoms with Gasteiger partial charge in [-0.05, 0) is 69.8 Å². The Labute approximate surface area is 357 Å². The van der Waals surface area contributed by atoms with Crippen LogP contribution in [0.3, 0.4) is 0 Å². The lowest BCUT2D eigenvalue weighted by Crippen LogP contribution is -2.00. The van der Waals surface area contributed by atoms with Gasteiger partial charge in [0.15, 0.2) is 17.5 Å². The lowest BCUT2D eigenvalue weighted by atomic mass is 9.94. The summed E-state index contributed by atoms with van der Waals surface area (Å²) in [7, 11) is 0. The highest BCUT2D eigenvalue weighted by atomic mass is 16.3. The average Bonchev–Trinajstić information content (AvgIpc) is 3.93. The van der Waals surface area contributed by atoms with Crippen LogP contribution in [0, 0.1) is 0 Å². The molecule has 0 N–H and O–H groups in total. The number of aromatic nitrogens is 3. The van der Waals surface area contributed by atoms with E-state index in [1.165, 1.54) is 11.1 Å². The lowest BCUT2D eigenvalue weighted by molar-refractivity contribution is 0.670. The fourth-order valence-electron chi connectivity index (χ4n) is 8.69. The van der Waals surface area contributed by atoms with Crippen LogP contribution in [0.2, 0.25) is 0 Å². The molecule has 0 radical (unpaired) electrons. The van der Waals surface area contributed by atoms with Crippen LogP contribution >= 0.6 is 0 Å². The maximum absolute atomic E-state index is 6.60. The van der Waals surface area contributed by atoms with Crippen LogP contribution in [0.1, 0.15) is 0 Å². The van der Waals surface area contributed by atoms with Crippen LogP contribution < -0.4 is 0 Å². The summed E-state index contributed by atoms with van der Waals surface area (Å²) in [6, 6.07) is 73.4. The van der Waals surface area contributed by atoms with Gasteiger partial charge < -0.3 is 8.83 Å². The van der Waals surface area contributed by atoms with E-state index >= 15 is 0 Å². The number of hydrogen-bond acceptors (Lipinski definition) is 5. The molecular weight excluding hydrogens is 759 g/mol. The molecule has 3 aromatic heterocycles. The van der Waals surface area contributed by atoms with E-state index in [1.54, 1.807) is 0 Å². The van der Waals surface area contributed by atoms with Gasteiger partial charge >= 0.3 is 0 Å². The first-order valence-electron chi connectivity index (χ1n) is 20.7. The van der Waals surface area contributed by atoms with Crippen molar-refractivity contribution < 1.29 is 8.83 Å². The molecule has 0 atom stereocenters. The van der Waals surface area contributed by atoms with E-state index in [-0.39, 0.29) is 0 Å². The Morgan fingerprint density at radius 2 is 0.597 bits per heavy atom. The van der Waals surface area contributed by atoms with E-state index in [1.807, 2.05) is 60.7 Å². The highest BCUT2D eigenvalue weighted by molar-refractivity contribution is 6.11. The van der Waals surface area contributed by atoms with Crippen LogP contribution in [0.5, 0.6) is 0 Å². The Morgan fingerprint density at radius 1 is 0.242 bits per heavy atom. The highest BCUT2D eigenvalue weighted by Crippen LogP contribution is 2.42. The minimum Gasteiger partial charge on any atom is -0.455 e. The van der Waals surface area contributed by atoms with Crippen molar-refractivity contribution in [3.8, 4) is 78.7 Å². The minimum atomic E-state index is 0.560. The van der Waals surface area contributed by atoms with Gasteiger partial charge in [-0.25, -0.2) is 15.0 Å². The smallest absolute Gasteiger partial charge is 0.164 e. The summed E-state index contributed by atoms with van der Waals surface area (Å²) < 4.78 is 13.2. The van der Waals surface area contributed by atoms with E-state index < -0.39 is 0 Å². The molecule has 0 fully saturated rings. The molecule has 12 aromatic rings. The van der Waals surface area contributed by atoms with Gasteiger partial charge in [-0.15, -0.1) is 0 Å². The SMILES string of the molecule is c1ccc(-c2cccc(-c3ccc(-c4nc(-c5ccccc5)nc(-c5cc(-c6cccc7c6oc6ccccc67)cc(-c6cccc7c6oc6ccccc67)c5)n4)cc3)c2)cc1. The zero-order valence-electron chi connectivity index (χ0n) is 33.4. The standard InChI is InChI=1S/C57H35N3O2/c1-3-14-36(15-4-1)40-18-11-19-41(32-40)37-28-30-39(31-29-37)56-58-55(38-16-5-2-6-17-38)59-57(60-56)44-34-42(45-22-12-24-49-47-20-7-9-26-51(47)61-53(45)49)33-43(35-44)46-23-13-25-50-48-21-8-10-27-52(48)62-54(46)50/h1-35H. The molecule has 5 heteroatoms. The summed E-state index contributed by atoms with van der Waals surface area (Å²) in [5.41, 5.74) is 14.5. The Balaban J connectivity index is 1.04. The van der Waals surface area contributed by atoms with Gasteiger partial charge in [0.25, 0.3) is 0 Å². The zero-order valence-corrected chi connectivity index (χ0v) is 33.4. The zero-order chi connectivity index (χ0) is 41.0. The predicted molar refractivity (Wildman–Crippen MR) is 252 cm³/mol. The monoisotopic (exact) mass is 793 g/mol. The minimum absolute atomic E-state index is 0.560. The summed E-state index contributed by atoms with van der Waals surface area (Å²) in [5.74, 6) is 1.74. The van der Waals surface area contributed by atoms with E-state index in [9.17, 15) is 0 Å². The number of fused-ring (bicyclic) bond motifs is 6. The number of nitrogens with zero attached hydrogens (tertiary/aromatic N) is 3. The quantitative estimate of drug-likeness (QED) is 0.161. The maximum Gasteiger partial charge on any atom is 0.164 e. The van der Waals surface area contributed by atoms with Crippen molar-refractivity contribution in [3.05, 3.63) is 212 Å². The fraction of sp³-hybridized carbons (Fsp3) is 0. The van der Waals surface area contributed by atoms with Crippen molar-refractivity contribution >= 4 is 43.9 Å². The van der Waals surface area contributed by atoms with E-state index in [2.05, 4.69) is 152 Å². The van der Waals surface area contributed by atoms with Crippen molar-refractivity contribution in [1.29, 1.82) is 0 Å². The Bertz CT molecular complexity index is 3490. The number of furan rings is 2. The summed E-state index contributed by atoms with van der Waals surface area (Å²) in [6.45, 7) is 0. The Morgan fingerprint density at radius 3 is 1.15 bits per heavy atom. The molecule has 0 amide bonds. The second-order valence-corrected chi connectivity index (χ2v) is 15.6. The topological polar surface area (TPSA) is 65.0 Å². The second kappa shape index (κ2) is 14.7. The van der Waals surface area contributed by atoms with Gasteiger partial charge in [0.05, 0.1) is 0 Å². The first kappa shape index (κ1) is 35.5. The molecule has 9 aromatic carbocycles. The van der Waals surface area contributed by atoms with Gasteiger partial charge in [0, 0.05) is 49.4 Å². The van der Waals surface area contributed by atoms with Crippen LogP contribution in [0.25, 0.3) is 123 Å². The molecule has 0 aliphatic heterocycles. The van der Waals surface area contributed by atoms with Gasteiger partial charge in [0.1, 0.15) is 22.3 Å². The van der Waals surface area contributed by atoms with Crippen LogP contribution in [-0.2, 0) is 0 Å². The van der Waals surface area contributed by atoms with E-state index in [4.69, 9.17) is 23.8 Å². The molecule has 3 heterocycles. The third-order valence-corrected chi connectivity index (χ3v) is 11.7. The van der Waals surface area contributed by atoms with Gasteiger partial charge in [-0.2, -0.15) is 0 Å².